The molecule has 0 saturated carbocycles. The molecule has 31 heavy (non-hydrogen) atoms. The molecule has 1 heterocycles. The molecule has 0 aromatic heterocycles. The number of fused-ring (bicyclic) bond motifs is 1. The number of aliphatic imine (C=N–C) groups is 1. The fourth-order valence-electron chi connectivity index (χ4n) is 3.40. The van der Waals surface area contributed by atoms with E-state index in [1.54, 1.807) is 4.90 Å². The zero-order chi connectivity index (χ0) is 21.0. The van der Waals surface area contributed by atoms with E-state index in [2.05, 4.69) is 16.4 Å². The van der Waals surface area contributed by atoms with Crippen molar-refractivity contribution in [1.29, 1.82) is 0 Å². The number of halogens is 4. The van der Waals surface area contributed by atoms with Gasteiger partial charge >= 0.3 is 6.18 Å². The molecule has 0 aliphatic carbocycles. The SMILES string of the molecule is FC(F)(F)CCN1CCN=C1NCc1cccc(Oc2ccc3ccccc3c2)c1.I. The third-order valence-electron chi connectivity index (χ3n) is 4.90. The minimum atomic E-state index is -4.16. The lowest BCUT2D eigenvalue weighted by molar-refractivity contribution is -0.136. The molecule has 1 N–H and O–H groups in total. The average molecular weight is 541 g/mol. The van der Waals surface area contributed by atoms with Crippen molar-refractivity contribution in [3.05, 3.63) is 72.3 Å². The Kier molecular flexibility index (Phi) is 7.64. The van der Waals surface area contributed by atoms with E-state index in [1.807, 2.05) is 60.7 Å². The highest BCUT2D eigenvalue weighted by molar-refractivity contribution is 14.0. The number of nitrogens with one attached hydrogen (secondary N) is 1. The summed E-state index contributed by atoms with van der Waals surface area (Å²) >= 11 is 0. The molecule has 3 aromatic rings. The Morgan fingerprint density at radius 2 is 1.71 bits per heavy atom. The predicted molar refractivity (Wildman–Crippen MR) is 127 cm³/mol. The monoisotopic (exact) mass is 541 g/mol. The summed E-state index contributed by atoms with van der Waals surface area (Å²) in [7, 11) is 0. The van der Waals surface area contributed by atoms with Gasteiger partial charge in [0.25, 0.3) is 0 Å². The van der Waals surface area contributed by atoms with Gasteiger partial charge in [-0.15, -0.1) is 24.0 Å². The molecule has 0 fully saturated rings. The van der Waals surface area contributed by atoms with Gasteiger partial charge in [0.15, 0.2) is 5.96 Å². The molecular formula is C23H23F3IN3O. The van der Waals surface area contributed by atoms with Crippen molar-refractivity contribution in [3.63, 3.8) is 0 Å². The first-order valence-corrected chi connectivity index (χ1v) is 9.82. The van der Waals surface area contributed by atoms with Crippen LogP contribution in [0.2, 0.25) is 0 Å². The Labute approximate surface area is 196 Å². The topological polar surface area (TPSA) is 36.9 Å². The van der Waals surface area contributed by atoms with Crippen molar-refractivity contribution in [2.45, 2.75) is 19.1 Å². The Morgan fingerprint density at radius 1 is 0.935 bits per heavy atom. The summed E-state index contributed by atoms with van der Waals surface area (Å²) in [5.74, 6) is 1.96. The number of ether oxygens (including phenoxy) is 1. The molecule has 8 heteroatoms. The van der Waals surface area contributed by atoms with E-state index in [9.17, 15) is 13.2 Å². The van der Waals surface area contributed by atoms with Crippen LogP contribution < -0.4 is 10.1 Å². The molecule has 0 saturated heterocycles. The van der Waals surface area contributed by atoms with E-state index in [-0.39, 0.29) is 30.5 Å². The molecular weight excluding hydrogens is 518 g/mol. The smallest absolute Gasteiger partial charge is 0.390 e. The Balaban J connectivity index is 0.00000272. The quantitative estimate of drug-likeness (QED) is 0.392. The van der Waals surface area contributed by atoms with Gasteiger partial charge in [-0.05, 0) is 40.6 Å². The molecule has 164 valence electrons. The minimum Gasteiger partial charge on any atom is -0.457 e. The third kappa shape index (κ3) is 6.49. The molecule has 0 unspecified atom stereocenters. The van der Waals surface area contributed by atoms with Crippen LogP contribution in [0, 0.1) is 0 Å². The second kappa shape index (κ2) is 10.2. The summed E-state index contributed by atoms with van der Waals surface area (Å²) in [6, 6.07) is 21.6. The van der Waals surface area contributed by atoms with Crippen LogP contribution >= 0.6 is 24.0 Å². The number of nitrogens with zero attached hydrogens (tertiary/aromatic N) is 2. The molecule has 1 aliphatic heterocycles. The Hall–Kier alpha value is -2.49. The first kappa shape index (κ1) is 23.2. The van der Waals surface area contributed by atoms with Crippen molar-refractivity contribution in [1.82, 2.24) is 10.2 Å². The lowest BCUT2D eigenvalue weighted by atomic mass is 10.1. The molecule has 0 atom stereocenters. The molecule has 4 nitrogen and oxygen atoms in total. The molecule has 3 aromatic carbocycles. The first-order valence-electron chi connectivity index (χ1n) is 9.82. The number of benzene rings is 3. The van der Waals surface area contributed by atoms with E-state index in [1.165, 1.54) is 0 Å². The number of guanidine groups is 1. The van der Waals surface area contributed by atoms with Crippen LogP contribution in [0.25, 0.3) is 10.8 Å². The molecule has 0 spiro atoms. The number of hydrogen-bond acceptors (Lipinski definition) is 4. The first-order chi connectivity index (χ1) is 14.5. The lowest BCUT2D eigenvalue weighted by Gasteiger charge is -2.21. The van der Waals surface area contributed by atoms with Gasteiger partial charge in [-0.3, -0.25) is 4.99 Å². The Morgan fingerprint density at radius 3 is 2.52 bits per heavy atom. The van der Waals surface area contributed by atoms with Gasteiger partial charge in [0.2, 0.25) is 0 Å². The van der Waals surface area contributed by atoms with Gasteiger partial charge in [-0.25, -0.2) is 0 Å². The highest BCUT2D eigenvalue weighted by Gasteiger charge is 2.29. The zero-order valence-corrected chi connectivity index (χ0v) is 19.1. The van der Waals surface area contributed by atoms with E-state index in [0.717, 1.165) is 22.1 Å². The van der Waals surface area contributed by atoms with Crippen molar-refractivity contribution in [2.24, 2.45) is 4.99 Å². The van der Waals surface area contributed by atoms with Crippen LogP contribution in [-0.4, -0.2) is 36.7 Å². The fraction of sp³-hybridized carbons (Fsp3) is 0.261. The summed E-state index contributed by atoms with van der Waals surface area (Å²) < 4.78 is 43.5. The average Bonchev–Trinajstić information content (AvgIpc) is 3.18. The van der Waals surface area contributed by atoms with Crippen molar-refractivity contribution >= 4 is 40.7 Å². The normalized spacial score (nSPS) is 13.6. The summed E-state index contributed by atoms with van der Waals surface area (Å²) in [5.41, 5.74) is 0.957. The molecule has 0 amide bonds. The van der Waals surface area contributed by atoms with Crippen LogP contribution in [0.3, 0.4) is 0 Å². The number of hydrogen-bond donors (Lipinski definition) is 1. The van der Waals surface area contributed by atoms with E-state index in [4.69, 9.17) is 4.74 Å². The van der Waals surface area contributed by atoms with Gasteiger partial charge in [-0.1, -0.05) is 42.5 Å². The van der Waals surface area contributed by atoms with Gasteiger partial charge in [0.05, 0.1) is 13.0 Å². The van der Waals surface area contributed by atoms with Crippen molar-refractivity contribution in [3.8, 4) is 11.5 Å². The second-order valence-corrected chi connectivity index (χ2v) is 7.17. The van der Waals surface area contributed by atoms with Gasteiger partial charge in [0.1, 0.15) is 11.5 Å². The van der Waals surface area contributed by atoms with Crippen LogP contribution in [-0.2, 0) is 6.54 Å². The minimum absolute atomic E-state index is 0. The molecule has 0 bridgehead atoms. The van der Waals surface area contributed by atoms with Gasteiger partial charge in [0, 0.05) is 19.6 Å². The van der Waals surface area contributed by atoms with Gasteiger partial charge in [-0.2, -0.15) is 13.2 Å². The Bertz CT molecular complexity index is 1060. The largest absolute Gasteiger partial charge is 0.457 e. The standard InChI is InChI=1S/C23H22F3N3O.HI/c24-23(25,26)10-12-29-13-11-27-22(29)28-16-17-4-3-7-20(14-17)30-21-9-8-18-5-1-2-6-19(18)15-21;/h1-9,14-15H,10-13,16H2,(H,27,28);1H. The fourth-order valence-corrected chi connectivity index (χ4v) is 3.40. The van der Waals surface area contributed by atoms with Crippen LogP contribution in [0.1, 0.15) is 12.0 Å². The molecule has 4 rings (SSSR count). The summed E-state index contributed by atoms with van der Waals surface area (Å²) in [4.78, 5) is 5.93. The van der Waals surface area contributed by atoms with Crippen molar-refractivity contribution in [2.75, 3.05) is 19.6 Å². The van der Waals surface area contributed by atoms with E-state index >= 15 is 0 Å². The summed E-state index contributed by atoms with van der Waals surface area (Å²) in [5, 5.41) is 5.40. The van der Waals surface area contributed by atoms with Crippen molar-refractivity contribution < 1.29 is 17.9 Å². The van der Waals surface area contributed by atoms with Crippen LogP contribution in [0.15, 0.2) is 71.7 Å². The maximum Gasteiger partial charge on any atom is 0.390 e. The lowest BCUT2D eigenvalue weighted by Crippen LogP contribution is -2.39. The molecule has 0 radical (unpaired) electrons. The van der Waals surface area contributed by atoms with E-state index in [0.29, 0.717) is 31.3 Å². The second-order valence-electron chi connectivity index (χ2n) is 7.17. The highest BCUT2D eigenvalue weighted by Crippen LogP contribution is 2.26. The number of rotatable bonds is 6. The maximum atomic E-state index is 12.5. The van der Waals surface area contributed by atoms with Crippen LogP contribution in [0.4, 0.5) is 13.2 Å². The summed E-state index contributed by atoms with van der Waals surface area (Å²) in [6.45, 7) is 1.38. The summed E-state index contributed by atoms with van der Waals surface area (Å²) in [6.07, 6.45) is -5.01. The van der Waals surface area contributed by atoms with E-state index < -0.39 is 12.6 Å². The predicted octanol–water partition coefficient (Wildman–Crippen LogP) is 5.96. The van der Waals surface area contributed by atoms with Crippen LogP contribution in [0.5, 0.6) is 11.5 Å². The zero-order valence-electron chi connectivity index (χ0n) is 16.7. The maximum absolute atomic E-state index is 12.5. The molecule has 1 aliphatic rings. The third-order valence-corrected chi connectivity index (χ3v) is 4.90. The number of alkyl halides is 3. The highest BCUT2D eigenvalue weighted by atomic mass is 127. The van der Waals surface area contributed by atoms with Gasteiger partial charge < -0.3 is 15.0 Å².